The number of rotatable bonds is 5. The Morgan fingerprint density at radius 3 is 2.93 bits per heavy atom. The zero-order valence-corrected chi connectivity index (χ0v) is 17.1. The topological polar surface area (TPSA) is 63.5 Å². The second-order valence-electron chi connectivity index (χ2n) is 7.07. The Hall–Kier alpha value is -2.43. The number of likely N-dealkylation sites (tertiary alicyclic amines) is 1. The third kappa shape index (κ3) is 4.89. The van der Waals surface area contributed by atoms with E-state index in [4.69, 9.17) is 5.26 Å². The van der Waals surface area contributed by atoms with Gasteiger partial charge in [-0.2, -0.15) is 5.26 Å². The van der Waals surface area contributed by atoms with Gasteiger partial charge in [0.1, 0.15) is 5.82 Å². The minimum atomic E-state index is -0.381. The average Bonchev–Trinajstić information content (AvgIpc) is 3.23. The van der Waals surface area contributed by atoms with Crippen LogP contribution in [-0.2, 0) is 6.54 Å². The van der Waals surface area contributed by atoms with Gasteiger partial charge < -0.3 is 10.6 Å². The van der Waals surface area contributed by atoms with Crippen LogP contribution in [0.2, 0.25) is 0 Å². The van der Waals surface area contributed by atoms with Gasteiger partial charge in [-0.15, -0.1) is 11.3 Å². The van der Waals surface area contributed by atoms with Crippen LogP contribution in [0.4, 0.5) is 4.39 Å². The molecule has 2 heterocycles. The summed E-state index contributed by atoms with van der Waals surface area (Å²) < 4.78 is 14.1. The first-order chi connectivity index (χ1) is 13.6. The summed E-state index contributed by atoms with van der Waals surface area (Å²) in [6, 6.07) is 11.2. The molecule has 1 saturated heterocycles. The van der Waals surface area contributed by atoms with Gasteiger partial charge in [0.15, 0.2) is 5.96 Å². The molecule has 0 spiro atoms. The SMILES string of the molecule is CN=C(NCc1ccc(C#N)cc1F)NCC1CCCN(C)C1c1cccs1. The van der Waals surface area contributed by atoms with E-state index in [-0.39, 0.29) is 5.82 Å². The number of guanidine groups is 1. The van der Waals surface area contributed by atoms with E-state index in [0.29, 0.717) is 35.6 Å². The number of nitrogens with one attached hydrogen (secondary N) is 2. The van der Waals surface area contributed by atoms with Gasteiger partial charge in [0, 0.05) is 36.6 Å². The van der Waals surface area contributed by atoms with Crippen molar-refractivity contribution in [1.82, 2.24) is 15.5 Å². The smallest absolute Gasteiger partial charge is 0.191 e. The van der Waals surface area contributed by atoms with Crippen molar-refractivity contribution in [3.63, 3.8) is 0 Å². The standard InChI is InChI=1S/C21H26FN5S/c1-24-21(25-13-16-8-7-15(12-23)11-18(16)22)26-14-17-5-3-9-27(2)20(17)19-6-4-10-28-19/h4,6-8,10-11,17,20H,3,5,9,13-14H2,1-2H3,(H2,24,25,26). The maximum Gasteiger partial charge on any atom is 0.191 e. The van der Waals surface area contributed by atoms with E-state index in [9.17, 15) is 4.39 Å². The third-order valence-corrected chi connectivity index (χ3v) is 6.17. The second-order valence-corrected chi connectivity index (χ2v) is 8.05. The minimum absolute atomic E-state index is 0.316. The molecular formula is C21H26FN5S. The molecule has 1 aliphatic heterocycles. The zero-order valence-electron chi connectivity index (χ0n) is 16.3. The van der Waals surface area contributed by atoms with E-state index >= 15 is 0 Å². The second kappa shape index (κ2) is 9.67. The molecule has 0 radical (unpaired) electrons. The van der Waals surface area contributed by atoms with Gasteiger partial charge in [-0.05, 0) is 55.9 Å². The van der Waals surface area contributed by atoms with Gasteiger partial charge in [0.2, 0.25) is 0 Å². The highest BCUT2D eigenvalue weighted by Crippen LogP contribution is 2.36. The van der Waals surface area contributed by atoms with Crippen LogP contribution in [-0.4, -0.2) is 38.0 Å². The van der Waals surface area contributed by atoms with Crippen molar-refractivity contribution in [2.45, 2.75) is 25.4 Å². The monoisotopic (exact) mass is 399 g/mol. The molecule has 5 nitrogen and oxygen atoms in total. The number of nitrogens with zero attached hydrogens (tertiary/aromatic N) is 3. The normalized spacial score (nSPS) is 20.6. The molecule has 7 heteroatoms. The zero-order chi connectivity index (χ0) is 19.9. The number of hydrogen-bond acceptors (Lipinski definition) is 4. The molecule has 0 aliphatic carbocycles. The van der Waals surface area contributed by atoms with Crippen LogP contribution in [0.1, 0.15) is 34.9 Å². The molecular weight excluding hydrogens is 373 g/mol. The van der Waals surface area contributed by atoms with E-state index in [1.807, 2.05) is 17.4 Å². The van der Waals surface area contributed by atoms with Gasteiger partial charge in [-0.3, -0.25) is 9.89 Å². The molecule has 28 heavy (non-hydrogen) atoms. The van der Waals surface area contributed by atoms with Crippen molar-refractivity contribution in [2.24, 2.45) is 10.9 Å². The molecule has 2 N–H and O–H groups in total. The number of piperidine rings is 1. The number of halogens is 1. The Kier molecular flexibility index (Phi) is 7.01. The van der Waals surface area contributed by atoms with Crippen molar-refractivity contribution < 1.29 is 4.39 Å². The number of aliphatic imine (C=N–C) groups is 1. The molecule has 3 rings (SSSR count). The fraction of sp³-hybridized carbons (Fsp3) is 0.429. The fourth-order valence-electron chi connectivity index (χ4n) is 3.77. The van der Waals surface area contributed by atoms with Gasteiger partial charge in [-0.25, -0.2) is 4.39 Å². The van der Waals surface area contributed by atoms with Crippen molar-refractivity contribution in [2.75, 3.05) is 27.2 Å². The molecule has 1 fully saturated rings. The predicted octanol–water partition coefficient (Wildman–Crippen LogP) is 3.51. The van der Waals surface area contributed by atoms with Crippen LogP contribution in [0.15, 0.2) is 40.7 Å². The molecule has 1 aliphatic rings. The van der Waals surface area contributed by atoms with Gasteiger partial charge in [0.05, 0.1) is 11.6 Å². The Balaban J connectivity index is 1.58. The lowest BCUT2D eigenvalue weighted by Gasteiger charge is -2.39. The van der Waals surface area contributed by atoms with Crippen molar-refractivity contribution in [1.29, 1.82) is 5.26 Å². The van der Waals surface area contributed by atoms with Crippen LogP contribution in [0.25, 0.3) is 0 Å². The maximum atomic E-state index is 14.1. The Morgan fingerprint density at radius 2 is 2.25 bits per heavy atom. The van der Waals surface area contributed by atoms with Crippen LogP contribution in [0.3, 0.4) is 0 Å². The molecule has 2 unspecified atom stereocenters. The van der Waals surface area contributed by atoms with Gasteiger partial charge >= 0.3 is 0 Å². The molecule has 1 aromatic heterocycles. The third-order valence-electron chi connectivity index (χ3n) is 5.23. The first kappa shape index (κ1) is 20.3. The summed E-state index contributed by atoms with van der Waals surface area (Å²) in [4.78, 5) is 8.10. The lowest BCUT2D eigenvalue weighted by atomic mass is 9.88. The highest BCUT2D eigenvalue weighted by molar-refractivity contribution is 7.10. The van der Waals surface area contributed by atoms with Crippen LogP contribution in [0, 0.1) is 23.1 Å². The highest BCUT2D eigenvalue weighted by atomic mass is 32.1. The van der Waals surface area contributed by atoms with Crippen molar-refractivity contribution >= 4 is 17.3 Å². The lowest BCUT2D eigenvalue weighted by Crippen LogP contribution is -2.44. The highest BCUT2D eigenvalue weighted by Gasteiger charge is 2.31. The Bertz CT molecular complexity index is 843. The number of benzene rings is 1. The summed E-state index contributed by atoms with van der Waals surface area (Å²) >= 11 is 1.81. The summed E-state index contributed by atoms with van der Waals surface area (Å²) in [6.45, 7) is 2.24. The van der Waals surface area contributed by atoms with Crippen LogP contribution < -0.4 is 10.6 Å². The molecule has 1 aromatic carbocycles. The average molecular weight is 400 g/mol. The minimum Gasteiger partial charge on any atom is -0.356 e. The van der Waals surface area contributed by atoms with Gasteiger partial charge in [0.25, 0.3) is 0 Å². The Labute approximate surface area is 169 Å². The quantitative estimate of drug-likeness (QED) is 0.597. The first-order valence-electron chi connectivity index (χ1n) is 9.49. The molecule has 2 aromatic rings. The van der Waals surface area contributed by atoms with E-state index in [2.05, 4.69) is 45.1 Å². The predicted molar refractivity (Wildman–Crippen MR) is 112 cm³/mol. The number of hydrogen-bond donors (Lipinski definition) is 2. The van der Waals surface area contributed by atoms with Crippen LogP contribution >= 0.6 is 11.3 Å². The van der Waals surface area contributed by atoms with E-state index in [0.717, 1.165) is 13.1 Å². The number of thiophene rings is 1. The summed E-state index contributed by atoms with van der Waals surface area (Å²) in [7, 11) is 3.91. The first-order valence-corrected chi connectivity index (χ1v) is 10.4. The van der Waals surface area contributed by atoms with Crippen molar-refractivity contribution in [3.05, 3.63) is 57.5 Å². The molecule has 0 bridgehead atoms. The number of nitriles is 1. The molecule has 0 amide bonds. The van der Waals surface area contributed by atoms with E-state index < -0.39 is 0 Å². The van der Waals surface area contributed by atoms with Gasteiger partial charge in [-0.1, -0.05) is 12.1 Å². The lowest BCUT2D eigenvalue weighted by molar-refractivity contribution is 0.125. The Morgan fingerprint density at radius 1 is 1.39 bits per heavy atom. The largest absolute Gasteiger partial charge is 0.356 e. The van der Waals surface area contributed by atoms with E-state index in [1.54, 1.807) is 19.2 Å². The molecule has 148 valence electrons. The maximum absolute atomic E-state index is 14.1. The fourth-order valence-corrected chi connectivity index (χ4v) is 4.75. The van der Waals surface area contributed by atoms with Crippen LogP contribution in [0.5, 0.6) is 0 Å². The summed E-state index contributed by atoms with van der Waals surface area (Å²) in [5, 5.41) is 17.6. The summed E-state index contributed by atoms with van der Waals surface area (Å²) in [5.74, 6) is 0.762. The van der Waals surface area contributed by atoms with E-state index in [1.165, 1.54) is 23.8 Å². The van der Waals surface area contributed by atoms with Crippen molar-refractivity contribution in [3.8, 4) is 6.07 Å². The molecule has 2 atom stereocenters. The summed E-state index contributed by atoms with van der Waals surface area (Å²) in [6.07, 6.45) is 2.36. The molecule has 0 saturated carbocycles. The summed E-state index contributed by atoms with van der Waals surface area (Å²) in [5.41, 5.74) is 0.834.